The van der Waals surface area contributed by atoms with E-state index in [9.17, 15) is 14.3 Å². The van der Waals surface area contributed by atoms with Crippen molar-refractivity contribution in [3.8, 4) is 0 Å². The van der Waals surface area contributed by atoms with E-state index in [-0.39, 0.29) is 17.7 Å². The first-order valence-electron chi connectivity index (χ1n) is 6.76. The molecule has 0 spiro atoms. The van der Waals surface area contributed by atoms with Gasteiger partial charge in [0.05, 0.1) is 13.2 Å². The standard InChI is InChI=1S/C15H20FNO3/c1-10(11-3-5-12(16)6-4-11)8-17-9-13(18)7-14(17)15(19)20-2/h3-6,10,13-14,18H,7-9H2,1-2H3/t10-,13-,14-/m0/s1. The summed E-state index contributed by atoms with van der Waals surface area (Å²) in [5.74, 6) is -0.425. The normalized spacial score (nSPS) is 24.6. The minimum absolute atomic E-state index is 0.146. The Bertz CT molecular complexity index is 463. The van der Waals surface area contributed by atoms with Gasteiger partial charge in [0.1, 0.15) is 11.9 Å². The van der Waals surface area contributed by atoms with Crippen LogP contribution in [0, 0.1) is 5.82 Å². The first kappa shape index (κ1) is 14.9. The molecule has 1 saturated heterocycles. The van der Waals surface area contributed by atoms with Crippen LogP contribution in [0.1, 0.15) is 24.8 Å². The van der Waals surface area contributed by atoms with Crippen LogP contribution in [-0.2, 0) is 9.53 Å². The lowest BCUT2D eigenvalue weighted by molar-refractivity contribution is -0.145. The Morgan fingerprint density at radius 2 is 2.15 bits per heavy atom. The smallest absolute Gasteiger partial charge is 0.323 e. The van der Waals surface area contributed by atoms with E-state index in [1.807, 2.05) is 11.8 Å². The van der Waals surface area contributed by atoms with Gasteiger partial charge in [0.25, 0.3) is 0 Å². The predicted octanol–water partition coefficient (Wildman–Crippen LogP) is 1.54. The summed E-state index contributed by atoms with van der Waals surface area (Å²) < 4.78 is 17.7. The highest BCUT2D eigenvalue weighted by Crippen LogP contribution is 2.24. The number of halogens is 1. The molecular weight excluding hydrogens is 261 g/mol. The molecule has 0 unspecified atom stereocenters. The van der Waals surface area contributed by atoms with E-state index in [1.54, 1.807) is 12.1 Å². The van der Waals surface area contributed by atoms with Gasteiger partial charge >= 0.3 is 5.97 Å². The van der Waals surface area contributed by atoms with Crippen LogP contribution in [0.25, 0.3) is 0 Å². The van der Waals surface area contributed by atoms with Crippen LogP contribution in [-0.4, -0.2) is 48.3 Å². The molecule has 1 aliphatic heterocycles. The molecule has 0 radical (unpaired) electrons. The Labute approximate surface area is 118 Å². The van der Waals surface area contributed by atoms with Crippen LogP contribution in [0.4, 0.5) is 4.39 Å². The van der Waals surface area contributed by atoms with E-state index < -0.39 is 12.1 Å². The van der Waals surface area contributed by atoms with Gasteiger partial charge in [0.15, 0.2) is 0 Å². The maximum atomic E-state index is 12.9. The number of carbonyl (C=O) groups is 1. The number of benzene rings is 1. The summed E-state index contributed by atoms with van der Waals surface area (Å²) in [5.41, 5.74) is 1.01. The molecular formula is C15H20FNO3. The largest absolute Gasteiger partial charge is 0.468 e. The van der Waals surface area contributed by atoms with Crippen LogP contribution in [0.5, 0.6) is 0 Å². The number of hydrogen-bond donors (Lipinski definition) is 1. The van der Waals surface area contributed by atoms with E-state index >= 15 is 0 Å². The van der Waals surface area contributed by atoms with Crippen molar-refractivity contribution in [3.05, 3.63) is 35.6 Å². The molecule has 3 atom stereocenters. The summed E-state index contributed by atoms with van der Waals surface area (Å²) in [4.78, 5) is 13.6. The lowest BCUT2D eigenvalue weighted by Gasteiger charge is -2.25. The fraction of sp³-hybridized carbons (Fsp3) is 0.533. The third-order valence-corrected chi connectivity index (χ3v) is 3.80. The molecule has 1 aliphatic rings. The van der Waals surface area contributed by atoms with Gasteiger partial charge in [-0.1, -0.05) is 19.1 Å². The van der Waals surface area contributed by atoms with Crippen LogP contribution in [0.2, 0.25) is 0 Å². The van der Waals surface area contributed by atoms with Gasteiger partial charge in [-0.05, 0) is 23.6 Å². The molecule has 20 heavy (non-hydrogen) atoms. The molecule has 1 fully saturated rings. The number of ether oxygens (including phenoxy) is 1. The maximum absolute atomic E-state index is 12.9. The van der Waals surface area contributed by atoms with Gasteiger partial charge < -0.3 is 9.84 Å². The number of carbonyl (C=O) groups excluding carboxylic acids is 1. The Morgan fingerprint density at radius 1 is 1.50 bits per heavy atom. The Balaban J connectivity index is 2.03. The van der Waals surface area contributed by atoms with Gasteiger partial charge in [-0.15, -0.1) is 0 Å². The number of aliphatic hydroxyl groups excluding tert-OH is 1. The van der Waals surface area contributed by atoms with Crippen LogP contribution in [0.3, 0.4) is 0 Å². The SMILES string of the molecule is COC(=O)[C@@H]1C[C@H](O)CN1C[C@H](C)c1ccc(F)cc1. The van der Waals surface area contributed by atoms with Crippen molar-refractivity contribution in [1.82, 2.24) is 4.90 Å². The summed E-state index contributed by atoms with van der Waals surface area (Å²) in [7, 11) is 1.36. The summed E-state index contributed by atoms with van der Waals surface area (Å²) in [6.45, 7) is 3.11. The Kier molecular flexibility index (Phi) is 4.73. The molecule has 1 aromatic rings. The monoisotopic (exact) mass is 281 g/mol. The van der Waals surface area contributed by atoms with Crippen LogP contribution in [0.15, 0.2) is 24.3 Å². The molecule has 2 rings (SSSR count). The Hall–Kier alpha value is -1.46. The van der Waals surface area contributed by atoms with Gasteiger partial charge in [0, 0.05) is 19.5 Å². The molecule has 0 bridgehead atoms. The van der Waals surface area contributed by atoms with Crippen molar-refractivity contribution >= 4 is 5.97 Å². The fourth-order valence-corrected chi connectivity index (χ4v) is 2.71. The fourth-order valence-electron chi connectivity index (χ4n) is 2.71. The van der Waals surface area contributed by atoms with E-state index in [4.69, 9.17) is 4.74 Å². The van der Waals surface area contributed by atoms with E-state index in [0.717, 1.165) is 5.56 Å². The average molecular weight is 281 g/mol. The lowest BCUT2D eigenvalue weighted by atomic mass is 10.0. The molecule has 5 heteroatoms. The second-order valence-corrected chi connectivity index (χ2v) is 5.33. The minimum Gasteiger partial charge on any atom is -0.468 e. The van der Waals surface area contributed by atoms with Gasteiger partial charge in [0.2, 0.25) is 0 Å². The number of β-amino-alcohol motifs (C(OH)–C–C–N with tert-alkyl or cyclic N) is 1. The van der Waals surface area contributed by atoms with E-state index in [0.29, 0.717) is 19.5 Å². The number of likely N-dealkylation sites (tertiary alicyclic amines) is 1. The summed E-state index contributed by atoms with van der Waals surface area (Å²) in [5, 5.41) is 9.74. The highest BCUT2D eigenvalue weighted by molar-refractivity contribution is 5.76. The number of rotatable bonds is 4. The first-order valence-corrected chi connectivity index (χ1v) is 6.76. The van der Waals surface area contributed by atoms with Crippen molar-refractivity contribution in [1.29, 1.82) is 0 Å². The topological polar surface area (TPSA) is 49.8 Å². The number of aliphatic hydroxyl groups is 1. The third-order valence-electron chi connectivity index (χ3n) is 3.80. The predicted molar refractivity (Wildman–Crippen MR) is 72.8 cm³/mol. The molecule has 1 N–H and O–H groups in total. The zero-order chi connectivity index (χ0) is 14.7. The number of nitrogens with zero attached hydrogens (tertiary/aromatic N) is 1. The molecule has 0 aliphatic carbocycles. The minimum atomic E-state index is -0.500. The highest BCUT2D eigenvalue weighted by Gasteiger charge is 2.37. The van der Waals surface area contributed by atoms with Crippen molar-refractivity contribution in [2.24, 2.45) is 0 Å². The molecule has 1 aromatic carbocycles. The zero-order valence-electron chi connectivity index (χ0n) is 11.8. The van der Waals surface area contributed by atoms with Gasteiger partial charge in [-0.2, -0.15) is 0 Å². The molecule has 1 heterocycles. The summed E-state index contributed by atoms with van der Waals surface area (Å²) in [6, 6.07) is 5.97. The average Bonchev–Trinajstić information content (AvgIpc) is 2.79. The Morgan fingerprint density at radius 3 is 2.75 bits per heavy atom. The van der Waals surface area contributed by atoms with Crippen molar-refractivity contribution in [3.63, 3.8) is 0 Å². The summed E-state index contributed by atoms with van der Waals surface area (Å²) in [6.07, 6.45) is -0.0949. The van der Waals surface area contributed by atoms with Crippen molar-refractivity contribution in [2.45, 2.75) is 31.4 Å². The second-order valence-electron chi connectivity index (χ2n) is 5.33. The van der Waals surface area contributed by atoms with Gasteiger partial charge in [-0.3, -0.25) is 9.69 Å². The summed E-state index contributed by atoms with van der Waals surface area (Å²) >= 11 is 0. The molecule has 0 amide bonds. The quantitative estimate of drug-likeness (QED) is 0.851. The number of esters is 1. The van der Waals surface area contributed by atoms with E-state index in [1.165, 1.54) is 19.2 Å². The van der Waals surface area contributed by atoms with Crippen molar-refractivity contribution in [2.75, 3.05) is 20.2 Å². The number of hydrogen-bond acceptors (Lipinski definition) is 4. The van der Waals surface area contributed by atoms with E-state index in [2.05, 4.69) is 0 Å². The zero-order valence-corrected chi connectivity index (χ0v) is 11.8. The van der Waals surface area contributed by atoms with Gasteiger partial charge in [-0.25, -0.2) is 4.39 Å². The number of methoxy groups -OCH3 is 1. The van der Waals surface area contributed by atoms with Crippen molar-refractivity contribution < 1.29 is 19.0 Å². The van der Waals surface area contributed by atoms with Crippen LogP contribution < -0.4 is 0 Å². The molecule has 0 saturated carbocycles. The first-order chi connectivity index (χ1) is 9.51. The lowest BCUT2D eigenvalue weighted by Crippen LogP contribution is -2.39. The maximum Gasteiger partial charge on any atom is 0.323 e. The molecule has 110 valence electrons. The highest BCUT2D eigenvalue weighted by atomic mass is 19.1. The van der Waals surface area contributed by atoms with Crippen LogP contribution >= 0.6 is 0 Å². The molecule has 4 nitrogen and oxygen atoms in total. The third kappa shape index (κ3) is 3.35. The second kappa shape index (κ2) is 6.33. The molecule has 0 aromatic heterocycles.